The largest absolute Gasteiger partial charge is 0.493 e. The van der Waals surface area contributed by atoms with E-state index in [4.69, 9.17) is 9.47 Å². The average Bonchev–Trinajstić information content (AvgIpc) is 3.03. The smallest absolute Gasteiger partial charge is 0.293 e. The lowest BCUT2D eigenvalue weighted by atomic mass is 10.0. The molecule has 2 amide bonds. The highest BCUT2D eigenvalue weighted by Gasteiger charge is 2.35. The average molecular weight is 434 g/mol. The summed E-state index contributed by atoms with van der Waals surface area (Å²) < 4.78 is 11.5. The highest BCUT2D eigenvalue weighted by Crippen LogP contribution is 2.36. The third-order valence-corrected chi connectivity index (χ3v) is 5.86. The Morgan fingerprint density at radius 1 is 1.00 bits per heavy atom. The molecule has 5 nitrogen and oxygen atoms in total. The van der Waals surface area contributed by atoms with Crippen molar-refractivity contribution in [2.45, 2.75) is 13.8 Å². The van der Waals surface area contributed by atoms with Crippen LogP contribution >= 0.6 is 11.8 Å². The number of thioether (sulfide) groups is 1. The monoisotopic (exact) mass is 433 g/mol. The quantitative estimate of drug-likeness (QED) is 0.450. The van der Waals surface area contributed by atoms with Gasteiger partial charge in [0.2, 0.25) is 0 Å². The lowest BCUT2D eigenvalue weighted by molar-refractivity contribution is -0.123. The van der Waals surface area contributed by atoms with Crippen LogP contribution in [0.3, 0.4) is 0 Å². The van der Waals surface area contributed by atoms with Gasteiger partial charge in [-0.15, -0.1) is 0 Å². The molecule has 0 saturated carbocycles. The predicted octanol–water partition coefficient (Wildman–Crippen LogP) is 5.66. The zero-order chi connectivity index (χ0) is 21.8. The molecule has 0 spiro atoms. The molecule has 3 aromatic rings. The molecule has 6 heteroatoms. The van der Waals surface area contributed by atoms with Gasteiger partial charge in [0.1, 0.15) is 18.1 Å². The van der Waals surface area contributed by atoms with Gasteiger partial charge in [0.25, 0.3) is 11.1 Å². The molecule has 0 N–H and O–H groups in total. The van der Waals surface area contributed by atoms with Gasteiger partial charge in [-0.1, -0.05) is 42.5 Å². The van der Waals surface area contributed by atoms with Crippen molar-refractivity contribution >= 4 is 39.8 Å². The van der Waals surface area contributed by atoms with Crippen LogP contribution in [0, 0.1) is 6.92 Å². The summed E-state index contributed by atoms with van der Waals surface area (Å²) in [4.78, 5) is 27.1. The van der Waals surface area contributed by atoms with E-state index in [-0.39, 0.29) is 24.3 Å². The second-order valence-electron chi connectivity index (χ2n) is 7.13. The fraction of sp³-hybridized carbons (Fsp3) is 0.200. The minimum absolute atomic E-state index is 0.198. The normalized spacial score (nSPS) is 15.2. The van der Waals surface area contributed by atoms with Crippen LogP contribution in [0.15, 0.2) is 65.6 Å². The van der Waals surface area contributed by atoms with Crippen molar-refractivity contribution in [2.75, 3.05) is 19.8 Å². The molecule has 1 heterocycles. The van der Waals surface area contributed by atoms with Crippen LogP contribution < -0.4 is 9.47 Å². The number of rotatable bonds is 7. The molecule has 0 aliphatic carbocycles. The summed E-state index contributed by atoms with van der Waals surface area (Å²) >= 11 is 0.948. The standard InChI is InChI=1S/C25H23NO4S/c1-3-29-22-12-11-18-8-4-5-10-20(18)21(22)16-23-24(27)26(25(28)31-23)13-14-30-19-9-6-7-17(2)15-19/h4-12,15-16H,3,13-14H2,1-2H3/b23-16-. The molecular formula is C25H23NO4S. The lowest BCUT2D eigenvalue weighted by Gasteiger charge is -2.14. The molecule has 4 rings (SSSR count). The first-order valence-corrected chi connectivity index (χ1v) is 11.0. The van der Waals surface area contributed by atoms with Crippen LogP contribution in [0.1, 0.15) is 18.1 Å². The molecule has 1 aliphatic heterocycles. The van der Waals surface area contributed by atoms with E-state index >= 15 is 0 Å². The molecule has 1 fully saturated rings. The first kappa shape index (κ1) is 21.0. The number of amides is 2. The maximum absolute atomic E-state index is 12.9. The number of benzene rings is 3. The van der Waals surface area contributed by atoms with Crippen molar-refractivity contribution in [1.29, 1.82) is 0 Å². The van der Waals surface area contributed by atoms with Gasteiger partial charge in [0.05, 0.1) is 18.1 Å². The van der Waals surface area contributed by atoms with Crippen LogP contribution in [0.4, 0.5) is 4.79 Å². The van der Waals surface area contributed by atoms with E-state index in [0.29, 0.717) is 17.3 Å². The van der Waals surface area contributed by atoms with E-state index < -0.39 is 0 Å². The van der Waals surface area contributed by atoms with Gasteiger partial charge in [0, 0.05) is 5.56 Å². The molecule has 1 saturated heterocycles. The third-order valence-electron chi connectivity index (χ3n) is 4.95. The van der Waals surface area contributed by atoms with E-state index in [1.165, 1.54) is 4.90 Å². The Bertz CT molecular complexity index is 1170. The van der Waals surface area contributed by atoms with Crippen molar-refractivity contribution in [1.82, 2.24) is 4.90 Å². The number of hydrogen-bond donors (Lipinski definition) is 0. The molecule has 1 aliphatic rings. The Hall–Kier alpha value is -3.25. The number of imide groups is 1. The molecule has 0 bridgehead atoms. The lowest BCUT2D eigenvalue weighted by Crippen LogP contribution is -2.32. The van der Waals surface area contributed by atoms with Crippen LogP contribution in [-0.2, 0) is 4.79 Å². The number of fused-ring (bicyclic) bond motifs is 1. The number of hydrogen-bond acceptors (Lipinski definition) is 5. The van der Waals surface area contributed by atoms with Crippen LogP contribution in [0.25, 0.3) is 16.8 Å². The summed E-state index contributed by atoms with van der Waals surface area (Å²) in [6.45, 7) is 4.85. The Labute approximate surface area is 185 Å². The van der Waals surface area contributed by atoms with Gasteiger partial charge in [-0.3, -0.25) is 14.5 Å². The van der Waals surface area contributed by atoms with Gasteiger partial charge in [-0.25, -0.2) is 0 Å². The fourth-order valence-corrected chi connectivity index (χ4v) is 4.34. The number of carbonyl (C=O) groups excluding carboxylic acids is 2. The van der Waals surface area contributed by atoms with Crippen LogP contribution in [0.2, 0.25) is 0 Å². The number of nitrogens with zero attached hydrogens (tertiary/aromatic N) is 1. The third kappa shape index (κ3) is 4.59. The molecule has 0 radical (unpaired) electrons. The molecule has 0 atom stereocenters. The van der Waals surface area contributed by atoms with E-state index in [1.54, 1.807) is 6.08 Å². The molecule has 3 aromatic carbocycles. The molecule has 31 heavy (non-hydrogen) atoms. The molecule has 0 aromatic heterocycles. The zero-order valence-electron chi connectivity index (χ0n) is 17.5. The highest BCUT2D eigenvalue weighted by atomic mass is 32.2. The van der Waals surface area contributed by atoms with Crippen molar-refractivity contribution in [3.8, 4) is 11.5 Å². The van der Waals surface area contributed by atoms with Crippen LogP contribution in [0.5, 0.6) is 11.5 Å². The second-order valence-corrected chi connectivity index (χ2v) is 8.12. The maximum Gasteiger partial charge on any atom is 0.293 e. The number of aryl methyl sites for hydroxylation is 1. The minimum atomic E-state index is -0.307. The highest BCUT2D eigenvalue weighted by molar-refractivity contribution is 8.18. The van der Waals surface area contributed by atoms with Gasteiger partial charge < -0.3 is 9.47 Å². The summed E-state index contributed by atoms with van der Waals surface area (Å²) in [5, 5.41) is 1.73. The van der Waals surface area contributed by atoms with Crippen molar-refractivity contribution in [3.63, 3.8) is 0 Å². The van der Waals surface area contributed by atoms with E-state index in [0.717, 1.165) is 39.4 Å². The van der Waals surface area contributed by atoms with Crippen LogP contribution in [-0.4, -0.2) is 35.8 Å². The van der Waals surface area contributed by atoms with Gasteiger partial charge in [0.15, 0.2) is 0 Å². The zero-order valence-corrected chi connectivity index (χ0v) is 18.3. The van der Waals surface area contributed by atoms with E-state index in [2.05, 4.69) is 0 Å². The topological polar surface area (TPSA) is 55.8 Å². The summed E-state index contributed by atoms with van der Waals surface area (Å²) in [7, 11) is 0. The minimum Gasteiger partial charge on any atom is -0.493 e. The molecular weight excluding hydrogens is 410 g/mol. The summed E-state index contributed by atoms with van der Waals surface area (Å²) in [6.07, 6.45) is 1.76. The van der Waals surface area contributed by atoms with Gasteiger partial charge in [-0.2, -0.15) is 0 Å². The Morgan fingerprint density at radius 2 is 1.84 bits per heavy atom. The van der Waals surface area contributed by atoms with E-state index in [9.17, 15) is 9.59 Å². The summed E-state index contributed by atoms with van der Waals surface area (Å²) in [5.74, 6) is 1.11. The Kier molecular flexibility index (Phi) is 6.28. The SMILES string of the molecule is CCOc1ccc2ccccc2c1/C=C1\SC(=O)N(CCOc2cccc(C)c2)C1=O. The second kappa shape index (κ2) is 9.27. The number of ether oxygens (including phenoxy) is 2. The fourth-order valence-electron chi connectivity index (χ4n) is 3.49. The van der Waals surface area contributed by atoms with Gasteiger partial charge in [-0.05, 0) is 66.2 Å². The molecule has 158 valence electrons. The van der Waals surface area contributed by atoms with Crippen molar-refractivity contribution < 1.29 is 19.1 Å². The molecule has 0 unspecified atom stereocenters. The van der Waals surface area contributed by atoms with Gasteiger partial charge >= 0.3 is 0 Å². The van der Waals surface area contributed by atoms with Crippen molar-refractivity contribution in [2.24, 2.45) is 0 Å². The summed E-state index contributed by atoms with van der Waals surface area (Å²) in [5.41, 5.74) is 1.90. The Morgan fingerprint density at radius 3 is 2.65 bits per heavy atom. The summed E-state index contributed by atoms with van der Waals surface area (Å²) in [6, 6.07) is 19.5. The van der Waals surface area contributed by atoms with Crippen molar-refractivity contribution in [3.05, 3.63) is 76.7 Å². The first-order chi connectivity index (χ1) is 15.1. The Balaban J connectivity index is 1.55. The predicted molar refractivity (Wildman–Crippen MR) is 124 cm³/mol. The number of carbonyl (C=O) groups is 2. The first-order valence-electron chi connectivity index (χ1n) is 10.2. The maximum atomic E-state index is 12.9. The van der Waals surface area contributed by atoms with E-state index in [1.807, 2.05) is 74.5 Å².